The molecule has 3 aromatic carbocycles. The molecule has 0 spiro atoms. The van der Waals surface area contributed by atoms with Gasteiger partial charge in [0, 0.05) is 6.54 Å². The third-order valence-corrected chi connectivity index (χ3v) is 5.79. The summed E-state index contributed by atoms with van der Waals surface area (Å²) in [5.41, 5.74) is 0.777. The van der Waals surface area contributed by atoms with Crippen LogP contribution in [-0.4, -0.2) is 22.5 Å². The van der Waals surface area contributed by atoms with E-state index in [0.717, 1.165) is 12.1 Å². The number of phenolic OH excluding ortho intramolecular Hbond substituents is 1. The van der Waals surface area contributed by atoms with Crippen LogP contribution in [0.15, 0.2) is 69.9 Å². The number of aromatic hydroxyl groups is 1. The topological polar surface area (TPSA) is 80.0 Å². The molecular weight excluding hydrogens is 444 g/mol. The number of amides is 1. The van der Waals surface area contributed by atoms with Gasteiger partial charge in [-0.15, -0.1) is 0 Å². The van der Waals surface area contributed by atoms with E-state index in [-0.39, 0.29) is 40.3 Å². The van der Waals surface area contributed by atoms with Crippen LogP contribution in [0.4, 0.5) is 8.78 Å². The number of hydrogen-bond donors (Lipinski definition) is 1. The summed E-state index contributed by atoms with van der Waals surface area (Å²) in [6.07, 6.45) is 0. The molecule has 1 amide bonds. The van der Waals surface area contributed by atoms with Gasteiger partial charge in [0.1, 0.15) is 17.2 Å². The first-order valence-electron chi connectivity index (χ1n) is 10.6. The third kappa shape index (κ3) is 3.57. The van der Waals surface area contributed by atoms with E-state index < -0.39 is 29.0 Å². The molecule has 4 aromatic rings. The van der Waals surface area contributed by atoms with Crippen molar-refractivity contribution in [1.29, 1.82) is 0 Å². The molecule has 0 saturated heterocycles. The van der Waals surface area contributed by atoms with Crippen molar-refractivity contribution in [3.63, 3.8) is 0 Å². The number of nitrogens with zero attached hydrogens (tertiary/aromatic N) is 1. The van der Waals surface area contributed by atoms with E-state index in [2.05, 4.69) is 0 Å². The van der Waals surface area contributed by atoms with Gasteiger partial charge in [0.2, 0.25) is 5.76 Å². The largest absolute Gasteiger partial charge is 0.504 e. The van der Waals surface area contributed by atoms with Gasteiger partial charge in [0.05, 0.1) is 23.6 Å². The third-order valence-electron chi connectivity index (χ3n) is 5.79. The molecule has 2 heterocycles. The van der Waals surface area contributed by atoms with Gasteiger partial charge in [-0.1, -0.05) is 18.2 Å². The molecule has 6 nitrogen and oxygen atoms in total. The lowest BCUT2D eigenvalue weighted by Gasteiger charge is -2.25. The van der Waals surface area contributed by atoms with E-state index in [1.54, 1.807) is 31.2 Å². The lowest BCUT2D eigenvalue weighted by molar-refractivity contribution is 0.0714. The Morgan fingerprint density at radius 2 is 1.74 bits per heavy atom. The minimum Gasteiger partial charge on any atom is -0.504 e. The van der Waals surface area contributed by atoms with Gasteiger partial charge in [0.15, 0.2) is 16.9 Å². The van der Waals surface area contributed by atoms with Gasteiger partial charge >= 0.3 is 0 Å². The molecule has 172 valence electrons. The van der Waals surface area contributed by atoms with Crippen LogP contribution < -0.4 is 10.2 Å². The van der Waals surface area contributed by atoms with Crippen molar-refractivity contribution in [3.8, 4) is 11.5 Å². The van der Waals surface area contributed by atoms with E-state index >= 15 is 0 Å². The number of rotatable bonds is 5. The molecule has 0 saturated carbocycles. The second-order valence-electron chi connectivity index (χ2n) is 7.94. The van der Waals surface area contributed by atoms with Crippen molar-refractivity contribution in [2.24, 2.45) is 0 Å². The van der Waals surface area contributed by atoms with Crippen LogP contribution in [0, 0.1) is 11.6 Å². The number of phenols is 1. The predicted octanol–water partition coefficient (Wildman–Crippen LogP) is 4.92. The molecule has 1 aliphatic heterocycles. The van der Waals surface area contributed by atoms with E-state index in [1.165, 1.54) is 29.2 Å². The normalized spacial score (nSPS) is 15.1. The van der Waals surface area contributed by atoms with E-state index in [1.807, 2.05) is 0 Å². The fourth-order valence-corrected chi connectivity index (χ4v) is 4.26. The van der Waals surface area contributed by atoms with Gasteiger partial charge in [-0.2, -0.15) is 0 Å². The number of halogens is 2. The quantitative estimate of drug-likeness (QED) is 0.455. The first kappa shape index (κ1) is 21.6. The smallest absolute Gasteiger partial charge is 0.291 e. The standard InChI is InChI=1S/C26H19F2NO5/c1-2-33-21-11-15(5-9-19(21)30)23-22-24(31)18-12-17(28)8-10-20(18)34-25(22)26(32)29(23)13-14-3-6-16(27)7-4-14/h3-12,23,30H,2,13H2,1H3/t23-/m1/s1. The molecule has 1 N–H and O–H groups in total. The number of fused-ring (bicyclic) bond motifs is 2. The molecule has 0 unspecified atom stereocenters. The van der Waals surface area contributed by atoms with Gasteiger partial charge < -0.3 is 19.2 Å². The maximum atomic E-state index is 13.9. The predicted molar refractivity (Wildman–Crippen MR) is 120 cm³/mol. The first-order chi connectivity index (χ1) is 16.4. The Bertz CT molecular complexity index is 1480. The summed E-state index contributed by atoms with van der Waals surface area (Å²) < 4.78 is 38.6. The molecule has 5 rings (SSSR count). The van der Waals surface area contributed by atoms with Crippen molar-refractivity contribution < 1.29 is 27.8 Å². The van der Waals surface area contributed by atoms with Crippen LogP contribution in [0.3, 0.4) is 0 Å². The Morgan fingerprint density at radius 1 is 1.00 bits per heavy atom. The summed E-state index contributed by atoms with van der Waals surface area (Å²) in [5.74, 6) is -1.58. The average molecular weight is 463 g/mol. The zero-order valence-corrected chi connectivity index (χ0v) is 18.0. The molecule has 1 aromatic heterocycles. The monoisotopic (exact) mass is 463 g/mol. The molecule has 0 fully saturated rings. The molecule has 8 heteroatoms. The van der Waals surface area contributed by atoms with E-state index in [9.17, 15) is 23.5 Å². The fourth-order valence-electron chi connectivity index (χ4n) is 4.26. The summed E-state index contributed by atoms with van der Waals surface area (Å²) in [7, 11) is 0. The van der Waals surface area contributed by atoms with Gasteiger partial charge in [-0.3, -0.25) is 9.59 Å². The van der Waals surface area contributed by atoms with Crippen LogP contribution >= 0.6 is 0 Å². The summed E-state index contributed by atoms with van der Waals surface area (Å²) in [6, 6.07) is 12.9. The zero-order valence-electron chi connectivity index (χ0n) is 18.0. The van der Waals surface area contributed by atoms with E-state index in [4.69, 9.17) is 9.15 Å². The van der Waals surface area contributed by atoms with Gasteiger partial charge in [-0.05, 0) is 60.5 Å². The molecule has 1 atom stereocenters. The SMILES string of the molecule is CCOc1cc([C@@H]2c3c(oc4ccc(F)cc4c3=O)C(=O)N2Cc2ccc(F)cc2)ccc1O. The summed E-state index contributed by atoms with van der Waals surface area (Å²) in [5, 5.41) is 10.2. The van der Waals surface area contributed by atoms with Crippen LogP contribution in [0.1, 0.15) is 40.2 Å². The Hall–Kier alpha value is -4.20. The molecule has 1 aliphatic rings. The number of ether oxygens (including phenoxy) is 1. The Labute approximate surface area is 192 Å². The van der Waals surface area contributed by atoms with Crippen molar-refractivity contribution in [1.82, 2.24) is 4.90 Å². The first-order valence-corrected chi connectivity index (χ1v) is 10.6. The molecule has 0 radical (unpaired) electrons. The molecular formula is C26H19F2NO5. The van der Waals surface area contributed by atoms with Crippen molar-refractivity contribution >= 4 is 16.9 Å². The highest BCUT2D eigenvalue weighted by atomic mass is 19.1. The number of benzene rings is 3. The average Bonchev–Trinajstić information content (AvgIpc) is 3.09. The maximum absolute atomic E-state index is 13.9. The zero-order chi connectivity index (χ0) is 24.0. The maximum Gasteiger partial charge on any atom is 0.291 e. The number of carbonyl (C=O) groups is 1. The Balaban J connectivity index is 1.72. The highest BCUT2D eigenvalue weighted by molar-refractivity contribution is 5.99. The van der Waals surface area contributed by atoms with Crippen molar-refractivity contribution in [2.45, 2.75) is 19.5 Å². The van der Waals surface area contributed by atoms with Crippen molar-refractivity contribution in [2.75, 3.05) is 6.61 Å². The highest BCUT2D eigenvalue weighted by Gasteiger charge is 2.43. The second kappa shape index (κ2) is 8.30. The van der Waals surface area contributed by atoms with Crippen LogP contribution in [0.2, 0.25) is 0 Å². The fraction of sp³-hybridized carbons (Fsp3) is 0.154. The lowest BCUT2D eigenvalue weighted by Crippen LogP contribution is -2.29. The van der Waals surface area contributed by atoms with Crippen LogP contribution in [-0.2, 0) is 6.54 Å². The molecule has 34 heavy (non-hydrogen) atoms. The molecule has 0 bridgehead atoms. The Morgan fingerprint density at radius 3 is 2.47 bits per heavy atom. The number of carbonyl (C=O) groups excluding carboxylic acids is 1. The summed E-state index contributed by atoms with van der Waals surface area (Å²) >= 11 is 0. The van der Waals surface area contributed by atoms with E-state index in [0.29, 0.717) is 17.7 Å². The van der Waals surface area contributed by atoms with Crippen LogP contribution in [0.5, 0.6) is 11.5 Å². The second-order valence-corrected chi connectivity index (χ2v) is 7.94. The minimum atomic E-state index is -0.892. The minimum absolute atomic E-state index is 0.0176. The van der Waals surface area contributed by atoms with Gasteiger partial charge in [0.25, 0.3) is 5.91 Å². The number of hydrogen-bond acceptors (Lipinski definition) is 5. The highest BCUT2D eigenvalue weighted by Crippen LogP contribution is 2.41. The summed E-state index contributed by atoms with van der Waals surface area (Å²) in [6.45, 7) is 2.11. The van der Waals surface area contributed by atoms with Gasteiger partial charge in [-0.25, -0.2) is 8.78 Å². The van der Waals surface area contributed by atoms with Crippen LogP contribution in [0.25, 0.3) is 11.0 Å². The van der Waals surface area contributed by atoms with Crippen molar-refractivity contribution in [3.05, 3.63) is 105 Å². The molecule has 0 aliphatic carbocycles. The Kier molecular flexibility index (Phi) is 5.28. The summed E-state index contributed by atoms with van der Waals surface area (Å²) in [4.78, 5) is 28.4. The lowest BCUT2D eigenvalue weighted by atomic mass is 9.97.